The van der Waals surface area contributed by atoms with Gasteiger partial charge in [0.25, 0.3) is 0 Å². The fourth-order valence-electron chi connectivity index (χ4n) is 2.04. The number of nitrogens with zero attached hydrogens (tertiary/aromatic N) is 2. The molecule has 2 aromatic rings. The number of halogens is 2. The molecular weight excluding hydrogens is 385 g/mol. The molecule has 0 aliphatic rings. The first-order chi connectivity index (χ1) is 11.7. The maximum atomic E-state index is 12.2. The summed E-state index contributed by atoms with van der Waals surface area (Å²) in [7, 11) is -3.73. The van der Waals surface area contributed by atoms with Crippen molar-refractivity contribution >= 4 is 50.5 Å². The van der Waals surface area contributed by atoms with Gasteiger partial charge in [0.15, 0.2) is 0 Å². The van der Waals surface area contributed by atoms with E-state index in [0.29, 0.717) is 10.7 Å². The van der Waals surface area contributed by atoms with Gasteiger partial charge in [0.05, 0.1) is 33.6 Å². The highest BCUT2D eigenvalue weighted by Gasteiger charge is 2.21. The minimum Gasteiger partial charge on any atom is -0.324 e. The standard InChI is InChI=1S/C16H13Cl2N3O3S/c1-25(23,24)21(13-4-2-3-11(7-13)9-19)10-16(22)20-12-5-6-14(17)15(18)8-12/h2-8H,10H2,1H3,(H,20,22). The highest BCUT2D eigenvalue weighted by atomic mass is 35.5. The molecule has 130 valence electrons. The Balaban J connectivity index is 2.23. The summed E-state index contributed by atoms with van der Waals surface area (Å²) in [4.78, 5) is 12.2. The lowest BCUT2D eigenvalue weighted by Crippen LogP contribution is -2.37. The number of hydrogen-bond donors (Lipinski definition) is 1. The number of hydrogen-bond acceptors (Lipinski definition) is 4. The zero-order chi connectivity index (χ0) is 18.6. The summed E-state index contributed by atoms with van der Waals surface area (Å²) < 4.78 is 25.0. The number of anilines is 2. The van der Waals surface area contributed by atoms with Crippen LogP contribution in [0.3, 0.4) is 0 Å². The monoisotopic (exact) mass is 397 g/mol. The number of carbonyl (C=O) groups is 1. The van der Waals surface area contributed by atoms with Crippen molar-refractivity contribution in [1.82, 2.24) is 0 Å². The van der Waals surface area contributed by atoms with Crippen LogP contribution in [0.25, 0.3) is 0 Å². The van der Waals surface area contributed by atoms with E-state index in [1.807, 2.05) is 6.07 Å². The van der Waals surface area contributed by atoms with Gasteiger partial charge in [0.2, 0.25) is 15.9 Å². The Morgan fingerprint density at radius 2 is 1.92 bits per heavy atom. The molecule has 0 spiro atoms. The zero-order valence-corrected chi connectivity index (χ0v) is 15.4. The molecule has 0 aromatic heterocycles. The molecule has 25 heavy (non-hydrogen) atoms. The molecule has 6 nitrogen and oxygen atoms in total. The summed E-state index contributed by atoms with van der Waals surface area (Å²) in [5.41, 5.74) is 0.903. The molecule has 9 heteroatoms. The Kier molecular flexibility index (Phi) is 5.90. The fraction of sp³-hybridized carbons (Fsp3) is 0.125. The van der Waals surface area contributed by atoms with Crippen molar-refractivity contribution < 1.29 is 13.2 Å². The average molecular weight is 398 g/mol. The first kappa shape index (κ1) is 19.1. The fourth-order valence-corrected chi connectivity index (χ4v) is 3.18. The second-order valence-corrected chi connectivity index (χ2v) is 7.83. The van der Waals surface area contributed by atoms with Gasteiger partial charge < -0.3 is 5.32 Å². The van der Waals surface area contributed by atoms with E-state index in [4.69, 9.17) is 28.5 Å². The molecule has 0 saturated carbocycles. The van der Waals surface area contributed by atoms with Gasteiger partial charge in [0, 0.05) is 5.69 Å². The Morgan fingerprint density at radius 1 is 1.20 bits per heavy atom. The lowest BCUT2D eigenvalue weighted by molar-refractivity contribution is -0.114. The molecule has 0 aliphatic carbocycles. The molecule has 0 bridgehead atoms. The number of nitriles is 1. The molecular formula is C16H13Cl2N3O3S. The van der Waals surface area contributed by atoms with Crippen molar-refractivity contribution in [3.8, 4) is 6.07 Å². The molecule has 0 radical (unpaired) electrons. The Morgan fingerprint density at radius 3 is 2.52 bits per heavy atom. The van der Waals surface area contributed by atoms with Crippen LogP contribution in [0, 0.1) is 11.3 Å². The van der Waals surface area contributed by atoms with E-state index in [1.54, 1.807) is 18.2 Å². The van der Waals surface area contributed by atoms with Crippen LogP contribution in [-0.2, 0) is 14.8 Å². The van der Waals surface area contributed by atoms with Crippen molar-refractivity contribution in [2.75, 3.05) is 22.4 Å². The van der Waals surface area contributed by atoms with Crippen molar-refractivity contribution in [3.63, 3.8) is 0 Å². The topological polar surface area (TPSA) is 90.3 Å². The summed E-state index contributed by atoms with van der Waals surface area (Å²) in [6, 6.07) is 12.4. The lowest BCUT2D eigenvalue weighted by Gasteiger charge is -2.22. The summed E-state index contributed by atoms with van der Waals surface area (Å²) in [6.45, 7) is -0.450. The van der Waals surface area contributed by atoms with Gasteiger partial charge in [-0.25, -0.2) is 8.42 Å². The second kappa shape index (κ2) is 7.74. The quantitative estimate of drug-likeness (QED) is 0.837. The van der Waals surface area contributed by atoms with E-state index in [-0.39, 0.29) is 16.3 Å². The van der Waals surface area contributed by atoms with Crippen molar-refractivity contribution in [2.45, 2.75) is 0 Å². The first-order valence-electron chi connectivity index (χ1n) is 6.93. The Hall–Kier alpha value is -2.27. The van der Waals surface area contributed by atoms with Gasteiger partial charge in [-0.15, -0.1) is 0 Å². The molecule has 1 amide bonds. The molecule has 0 heterocycles. The van der Waals surface area contributed by atoms with Crippen molar-refractivity contribution in [2.24, 2.45) is 0 Å². The third kappa shape index (κ3) is 5.10. The molecule has 0 atom stereocenters. The average Bonchev–Trinajstić information content (AvgIpc) is 2.55. The Bertz CT molecular complexity index is 955. The summed E-state index contributed by atoms with van der Waals surface area (Å²) >= 11 is 11.7. The molecule has 0 unspecified atom stereocenters. The molecule has 0 aliphatic heterocycles. The van der Waals surface area contributed by atoms with Gasteiger partial charge in [-0.05, 0) is 36.4 Å². The van der Waals surface area contributed by atoms with Gasteiger partial charge in [-0.2, -0.15) is 5.26 Å². The normalized spacial score (nSPS) is 10.8. The van der Waals surface area contributed by atoms with Gasteiger partial charge >= 0.3 is 0 Å². The molecule has 2 aromatic carbocycles. The van der Waals surface area contributed by atoms with Crippen LogP contribution in [0.1, 0.15) is 5.56 Å². The number of carbonyl (C=O) groups excluding carboxylic acids is 1. The summed E-state index contributed by atoms with van der Waals surface area (Å²) in [5, 5.41) is 12.1. The minimum absolute atomic E-state index is 0.228. The van der Waals surface area contributed by atoms with Crippen molar-refractivity contribution in [3.05, 3.63) is 58.1 Å². The van der Waals surface area contributed by atoms with Crippen LogP contribution in [-0.4, -0.2) is 27.1 Å². The van der Waals surface area contributed by atoms with Crippen LogP contribution in [0.4, 0.5) is 11.4 Å². The van der Waals surface area contributed by atoms with Crippen molar-refractivity contribution in [1.29, 1.82) is 5.26 Å². The van der Waals surface area contributed by atoms with Gasteiger partial charge in [-0.3, -0.25) is 9.10 Å². The van der Waals surface area contributed by atoms with Gasteiger partial charge in [-0.1, -0.05) is 29.3 Å². The van der Waals surface area contributed by atoms with Crippen LogP contribution in [0.5, 0.6) is 0 Å². The van der Waals surface area contributed by atoms with Crippen LogP contribution >= 0.6 is 23.2 Å². The highest BCUT2D eigenvalue weighted by molar-refractivity contribution is 7.92. The number of nitrogens with one attached hydrogen (secondary N) is 1. The maximum Gasteiger partial charge on any atom is 0.245 e. The molecule has 2 rings (SSSR count). The smallest absolute Gasteiger partial charge is 0.245 e. The largest absolute Gasteiger partial charge is 0.324 e. The summed E-state index contributed by atoms with van der Waals surface area (Å²) in [6.07, 6.45) is 0.985. The van der Waals surface area contributed by atoms with E-state index < -0.39 is 22.5 Å². The molecule has 0 saturated heterocycles. The minimum atomic E-state index is -3.73. The van der Waals surface area contributed by atoms with Gasteiger partial charge in [0.1, 0.15) is 6.54 Å². The Labute approximate surface area is 155 Å². The van der Waals surface area contributed by atoms with E-state index >= 15 is 0 Å². The van der Waals surface area contributed by atoms with E-state index in [0.717, 1.165) is 10.6 Å². The predicted molar refractivity (Wildman–Crippen MR) is 98.4 cm³/mol. The zero-order valence-electron chi connectivity index (χ0n) is 13.0. The highest BCUT2D eigenvalue weighted by Crippen LogP contribution is 2.25. The second-order valence-electron chi connectivity index (χ2n) is 5.11. The van der Waals surface area contributed by atoms with E-state index in [1.165, 1.54) is 24.3 Å². The number of benzene rings is 2. The van der Waals surface area contributed by atoms with E-state index in [2.05, 4.69) is 5.32 Å². The predicted octanol–water partition coefficient (Wildman–Crippen LogP) is 3.27. The number of sulfonamides is 1. The number of amides is 1. The molecule has 0 fully saturated rings. The summed E-state index contributed by atoms with van der Waals surface area (Å²) in [5.74, 6) is -0.564. The van der Waals surface area contributed by atoms with Crippen LogP contribution in [0.15, 0.2) is 42.5 Å². The lowest BCUT2D eigenvalue weighted by atomic mass is 10.2. The first-order valence-corrected chi connectivity index (χ1v) is 9.54. The van der Waals surface area contributed by atoms with Crippen LogP contribution < -0.4 is 9.62 Å². The SMILES string of the molecule is CS(=O)(=O)N(CC(=O)Nc1ccc(Cl)c(Cl)c1)c1cccc(C#N)c1. The van der Waals surface area contributed by atoms with Crippen LogP contribution in [0.2, 0.25) is 10.0 Å². The molecule has 1 N–H and O–H groups in total. The van der Waals surface area contributed by atoms with E-state index in [9.17, 15) is 13.2 Å². The third-order valence-electron chi connectivity index (χ3n) is 3.15. The maximum absolute atomic E-state index is 12.2. The third-order valence-corrected chi connectivity index (χ3v) is 5.03. The number of rotatable bonds is 5.